The number of anilines is 1. The van der Waals surface area contributed by atoms with E-state index in [4.69, 9.17) is 0 Å². The van der Waals surface area contributed by atoms with Gasteiger partial charge in [0.25, 0.3) is 10.0 Å². The van der Waals surface area contributed by atoms with Gasteiger partial charge in [-0.25, -0.2) is 8.42 Å². The maximum atomic E-state index is 12.5. The number of hydrogen-bond donors (Lipinski definition) is 1. The van der Waals surface area contributed by atoms with Gasteiger partial charge in [-0.3, -0.25) is 4.72 Å². The standard InChI is InChI=1S/C20H23F3N2O3S/c1-2-11-25-12-10-16(14-25)15-6-8-17(9-7-15)24-29(26,27)19-5-3-4-18(13-19)28-20(21,22)23/h3-9,13,16,24H,2,10-12,14H2,1H3/t16-/m1/s1. The normalized spacial score (nSPS) is 18.0. The molecule has 0 radical (unpaired) electrons. The molecule has 2 aromatic carbocycles. The number of nitrogens with zero attached hydrogens (tertiary/aromatic N) is 1. The summed E-state index contributed by atoms with van der Waals surface area (Å²) in [5, 5.41) is 0. The summed E-state index contributed by atoms with van der Waals surface area (Å²) in [6, 6.07) is 11.4. The van der Waals surface area contributed by atoms with Gasteiger partial charge in [-0.1, -0.05) is 25.1 Å². The van der Waals surface area contributed by atoms with Gasteiger partial charge >= 0.3 is 6.36 Å². The van der Waals surface area contributed by atoms with Crippen molar-refractivity contribution in [3.05, 3.63) is 54.1 Å². The zero-order chi connectivity index (χ0) is 21.1. The molecule has 158 valence electrons. The van der Waals surface area contributed by atoms with E-state index in [1.165, 1.54) is 12.1 Å². The van der Waals surface area contributed by atoms with Crippen LogP contribution in [0, 0.1) is 0 Å². The summed E-state index contributed by atoms with van der Waals surface area (Å²) >= 11 is 0. The molecule has 1 aliphatic rings. The fourth-order valence-corrected chi connectivity index (χ4v) is 4.59. The summed E-state index contributed by atoms with van der Waals surface area (Å²) in [5.41, 5.74) is 1.49. The highest BCUT2D eigenvalue weighted by molar-refractivity contribution is 7.92. The topological polar surface area (TPSA) is 58.6 Å². The van der Waals surface area contributed by atoms with Crippen molar-refractivity contribution in [3.8, 4) is 5.75 Å². The van der Waals surface area contributed by atoms with E-state index in [-0.39, 0.29) is 4.90 Å². The first kappa shape index (κ1) is 21.4. The molecule has 3 rings (SSSR count). The second-order valence-corrected chi connectivity index (χ2v) is 8.72. The van der Waals surface area contributed by atoms with E-state index < -0.39 is 22.1 Å². The van der Waals surface area contributed by atoms with E-state index >= 15 is 0 Å². The molecule has 0 bridgehead atoms. The summed E-state index contributed by atoms with van der Waals surface area (Å²) in [5.74, 6) is -0.169. The van der Waals surface area contributed by atoms with E-state index in [0.29, 0.717) is 11.6 Å². The zero-order valence-electron chi connectivity index (χ0n) is 15.9. The number of sulfonamides is 1. The van der Waals surface area contributed by atoms with Gasteiger partial charge in [0, 0.05) is 18.3 Å². The van der Waals surface area contributed by atoms with Crippen LogP contribution in [0.3, 0.4) is 0 Å². The smallest absolute Gasteiger partial charge is 0.406 e. The van der Waals surface area contributed by atoms with Crippen LogP contribution >= 0.6 is 0 Å². The Kier molecular flexibility index (Phi) is 6.38. The van der Waals surface area contributed by atoms with Crippen LogP contribution in [0.5, 0.6) is 5.75 Å². The molecule has 1 heterocycles. The summed E-state index contributed by atoms with van der Waals surface area (Å²) < 4.78 is 68.3. The van der Waals surface area contributed by atoms with Crippen molar-refractivity contribution >= 4 is 15.7 Å². The van der Waals surface area contributed by atoms with Crippen LogP contribution in [0.1, 0.15) is 31.2 Å². The molecular weight excluding hydrogens is 405 g/mol. The summed E-state index contributed by atoms with van der Waals surface area (Å²) in [6.07, 6.45) is -2.71. The molecule has 1 aliphatic heterocycles. The minimum atomic E-state index is -4.89. The van der Waals surface area contributed by atoms with Crippen molar-refractivity contribution in [3.63, 3.8) is 0 Å². The first-order valence-electron chi connectivity index (χ1n) is 9.37. The van der Waals surface area contributed by atoms with Crippen molar-refractivity contribution < 1.29 is 26.3 Å². The Hall–Kier alpha value is -2.26. The van der Waals surface area contributed by atoms with Crippen LogP contribution in [0.2, 0.25) is 0 Å². The Morgan fingerprint density at radius 2 is 1.90 bits per heavy atom. The Bertz CT molecular complexity index is 931. The quantitative estimate of drug-likeness (QED) is 0.701. The van der Waals surface area contributed by atoms with Crippen molar-refractivity contribution in [1.29, 1.82) is 0 Å². The molecule has 5 nitrogen and oxygen atoms in total. The molecule has 1 atom stereocenters. The van der Waals surface area contributed by atoms with Crippen molar-refractivity contribution in [2.45, 2.75) is 36.9 Å². The highest BCUT2D eigenvalue weighted by Gasteiger charge is 2.31. The van der Waals surface area contributed by atoms with E-state index in [1.54, 1.807) is 12.1 Å². The molecule has 1 fully saturated rings. The first-order valence-corrected chi connectivity index (χ1v) is 10.9. The second kappa shape index (κ2) is 8.62. The number of ether oxygens (including phenoxy) is 1. The minimum Gasteiger partial charge on any atom is -0.406 e. The zero-order valence-corrected chi connectivity index (χ0v) is 16.8. The average molecular weight is 428 g/mol. The number of rotatable bonds is 7. The fraction of sp³-hybridized carbons (Fsp3) is 0.400. The molecule has 9 heteroatoms. The number of nitrogens with one attached hydrogen (secondary N) is 1. The molecule has 0 saturated carbocycles. The molecule has 0 spiro atoms. The average Bonchev–Trinajstić information content (AvgIpc) is 3.10. The van der Waals surface area contributed by atoms with Gasteiger partial charge in [-0.2, -0.15) is 0 Å². The molecular formula is C20H23F3N2O3S. The monoisotopic (exact) mass is 428 g/mol. The van der Waals surface area contributed by atoms with Gasteiger partial charge in [0.05, 0.1) is 4.90 Å². The summed E-state index contributed by atoms with van der Waals surface area (Å²) in [6.45, 7) is 5.28. The van der Waals surface area contributed by atoms with Crippen LogP contribution < -0.4 is 9.46 Å². The van der Waals surface area contributed by atoms with Crippen LogP contribution in [-0.4, -0.2) is 39.3 Å². The lowest BCUT2D eigenvalue weighted by molar-refractivity contribution is -0.274. The molecule has 29 heavy (non-hydrogen) atoms. The summed E-state index contributed by atoms with van der Waals surface area (Å²) in [4.78, 5) is 2.10. The predicted molar refractivity (Wildman–Crippen MR) is 104 cm³/mol. The SMILES string of the molecule is CCCN1CC[C@@H](c2ccc(NS(=O)(=O)c3cccc(OC(F)(F)F)c3)cc2)C1. The highest BCUT2D eigenvalue weighted by Crippen LogP contribution is 2.29. The molecule has 0 amide bonds. The molecule has 0 aromatic heterocycles. The van der Waals surface area contributed by atoms with Gasteiger partial charge in [-0.05, 0) is 61.7 Å². The number of hydrogen-bond acceptors (Lipinski definition) is 4. The van der Waals surface area contributed by atoms with Crippen LogP contribution in [-0.2, 0) is 10.0 Å². The highest BCUT2D eigenvalue weighted by atomic mass is 32.2. The molecule has 0 unspecified atom stereocenters. The van der Waals surface area contributed by atoms with E-state index in [0.717, 1.165) is 50.2 Å². The lowest BCUT2D eigenvalue weighted by Gasteiger charge is -2.15. The minimum absolute atomic E-state index is 0.311. The Balaban J connectivity index is 1.69. The third kappa shape index (κ3) is 5.86. The number of alkyl halides is 3. The second-order valence-electron chi connectivity index (χ2n) is 7.04. The lowest BCUT2D eigenvalue weighted by Crippen LogP contribution is -2.20. The predicted octanol–water partition coefficient (Wildman–Crippen LogP) is 4.59. The Morgan fingerprint density at radius 3 is 2.55 bits per heavy atom. The Morgan fingerprint density at radius 1 is 1.17 bits per heavy atom. The largest absolute Gasteiger partial charge is 0.573 e. The van der Waals surface area contributed by atoms with Gasteiger partial charge in [-0.15, -0.1) is 13.2 Å². The maximum absolute atomic E-state index is 12.5. The molecule has 1 N–H and O–H groups in total. The third-order valence-electron chi connectivity index (χ3n) is 4.80. The Labute approximate surface area is 168 Å². The van der Waals surface area contributed by atoms with E-state index in [1.807, 2.05) is 12.1 Å². The first-order chi connectivity index (χ1) is 13.7. The van der Waals surface area contributed by atoms with Gasteiger partial charge in [0.2, 0.25) is 0 Å². The van der Waals surface area contributed by atoms with E-state index in [9.17, 15) is 21.6 Å². The molecule has 1 saturated heterocycles. The number of likely N-dealkylation sites (tertiary alicyclic amines) is 1. The fourth-order valence-electron chi connectivity index (χ4n) is 3.50. The van der Waals surface area contributed by atoms with Crippen molar-refractivity contribution in [2.24, 2.45) is 0 Å². The lowest BCUT2D eigenvalue weighted by atomic mass is 9.98. The third-order valence-corrected chi connectivity index (χ3v) is 6.17. The van der Waals surface area contributed by atoms with Gasteiger partial charge in [0.15, 0.2) is 0 Å². The van der Waals surface area contributed by atoms with Crippen LogP contribution in [0.4, 0.5) is 18.9 Å². The van der Waals surface area contributed by atoms with Gasteiger partial charge < -0.3 is 9.64 Å². The number of halogens is 3. The van der Waals surface area contributed by atoms with Crippen LogP contribution in [0.25, 0.3) is 0 Å². The summed E-state index contributed by atoms with van der Waals surface area (Å²) in [7, 11) is -4.04. The van der Waals surface area contributed by atoms with Gasteiger partial charge in [0.1, 0.15) is 5.75 Å². The van der Waals surface area contributed by atoms with Crippen molar-refractivity contribution in [1.82, 2.24) is 4.90 Å². The van der Waals surface area contributed by atoms with Crippen molar-refractivity contribution in [2.75, 3.05) is 24.4 Å². The van der Waals surface area contributed by atoms with Crippen LogP contribution in [0.15, 0.2) is 53.4 Å². The molecule has 0 aliphatic carbocycles. The maximum Gasteiger partial charge on any atom is 0.573 e. The number of benzene rings is 2. The van der Waals surface area contributed by atoms with E-state index in [2.05, 4.69) is 21.3 Å². The molecule has 2 aromatic rings.